The van der Waals surface area contributed by atoms with Gasteiger partial charge < -0.3 is 20.9 Å². The molecule has 1 fully saturated rings. The zero-order valence-electron chi connectivity index (χ0n) is 18.6. The van der Waals surface area contributed by atoms with Crippen LogP contribution < -0.4 is 16.0 Å². The number of carbonyl (C=O) groups is 1. The largest absolute Gasteiger partial charge is 0.368 e. The predicted molar refractivity (Wildman–Crippen MR) is 124 cm³/mol. The van der Waals surface area contributed by atoms with Crippen LogP contribution in [0, 0.1) is 22.7 Å². The van der Waals surface area contributed by atoms with Gasteiger partial charge in [0.25, 0.3) is 0 Å². The third-order valence-electron chi connectivity index (χ3n) is 5.89. The van der Waals surface area contributed by atoms with Crippen LogP contribution in [0.3, 0.4) is 0 Å². The van der Waals surface area contributed by atoms with E-state index in [1.165, 1.54) is 0 Å². The van der Waals surface area contributed by atoms with E-state index in [0.717, 1.165) is 39.1 Å². The number of aromatic nitrogens is 1. The van der Waals surface area contributed by atoms with Crippen molar-refractivity contribution >= 4 is 17.5 Å². The molecule has 1 aromatic carbocycles. The molecule has 2 heterocycles. The first kappa shape index (κ1) is 23.1. The van der Waals surface area contributed by atoms with E-state index in [0.29, 0.717) is 28.9 Å². The van der Waals surface area contributed by atoms with Crippen molar-refractivity contribution < 1.29 is 4.79 Å². The van der Waals surface area contributed by atoms with Gasteiger partial charge in [0.1, 0.15) is 29.8 Å². The van der Waals surface area contributed by atoms with Gasteiger partial charge in [-0.2, -0.15) is 10.5 Å². The molecule has 1 saturated heterocycles. The number of pyridine rings is 1. The number of hydrogen-bond donors (Lipinski definition) is 2. The first-order valence-corrected chi connectivity index (χ1v) is 11.0. The lowest BCUT2D eigenvalue weighted by molar-refractivity contribution is -0.118. The lowest BCUT2D eigenvalue weighted by Crippen LogP contribution is -2.32. The molecule has 1 aromatic heterocycles. The highest BCUT2D eigenvalue weighted by Gasteiger charge is 2.27. The molecule has 8 heteroatoms. The van der Waals surface area contributed by atoms with Crippen LogP contribution in [-0.4, -0.2) is 48.5 Å². The minimum Gasteiger partial charge on any atom is -0.368 e. The van der Waals surface area contributed by atoms with Crippen LogP contribution in [0.1, 0.15) is 48.6 Å². The molecule has 2 aromatic rings. The molecule has 0 spiro atoms. The summed E-state index contributed by atoms with van der Waals surface area (Å²) in [5.41, 5.74) is 7.71. The summed E-state index contributed by atoms with van der Waals surface area (Å²) >= 11 is 0. The van der Waals surface area contributed by atoms with Crippen molar-refractivity contribution in [2.75, 3.05) is 42.9 Å². The smallest absolute Gasteiger partial charge is 0.244 e. The van der Waals surface area contributed by atoms with Crippen molar-refractivity contribution in [3.05, 3.63) is 52.6 Å². The lowest BCUT2D eigenvalue weighted by atomic mass is 9.99. The quantitative estimate of drug-likeness (QED) is 0.691. The van der Waals surface area contributed by atoms with Crippen LogP contribution in [0.25, 0.3) is 0 Å². The molecule has 32 heavy (non-hydrogen) atoms. The first-order chi connectivity index (χ1) is 15.5. The van der Waals surface area contributed by atoms with Gasteiger partial charge in [-0.05, 0) is 37.1 Å². The van der Waals surface area contributed by atoms with E-state index in [2.05, 4.69) is 34.2 Å². The molecular weight excluding hydrogens is 402 g/mol. The number of nitrogens with one attached hydrogen (secondary N) is 1. The number of likely N-dealkylation sites (N-methyl/N-ethyl adjacent to an activating group) is 1. The molecule has 3 N–H and O–H groups in total. The van der Waals surface area contributed by atoms with E-state index in [9.17, 15) is 15.3 Å². The second kappa shape index (κ2) is 10.6. The normalized spacial score (nSPS) is 15.3. The van der Waals surface area contributed by atoms with Gasteiger partial charge in [-0.3, -0.25) is 4.79 Å². The third kappa shape index (κ3) is 4.82. The maximum absolute atomic E-state index is 12.3. The van der Waals surface area contributed by atoms with Gasteiger partial charge in [-0.1, -0.05) is 44.2 Å². The van der Waals surface area contributed by atoms with E-state index in [4.69, 9.17) is 10.7 Å². The zero-order valence-corrected chi connectivity index (χ0v) is 18.6. The van der Waals surface area contributed by atoms with E-state index in [1.54, 1.807) is 12.1 Å². The Morgan fingerprint density at radius 2 is 1.84 bits per heavy atom. The maximum Gasteiger partial charge on any atom is 0.244 e. The van der Waals surface area contributed by atoms with Gasteiger partial charge in [0.15, 0.2) is 0 Å². The monoisotopic (exact) mass is 431 g/mol. The Hall–Kier alpha value is -3.62. The number of anilines is 2. The number of benzene rings is 1. The van der Waals surface area contributed by atoms with Crippen molar-refractivity contribution in [3.63, 3.8) is 0 Å². The molecule has 8 nitrogen and oxygen atoms in total. The minimum atomic E-state index is -0.846. The van der Waals surface area contributed by atoms with Crippen LogP contribution in [0.4, 0.5) is 11.6 Å². The average Bonchev–Trinajstić information content (AvgIpc) is 3.07. The van der Waals surface area contributed by atoms with E-state index in [-0.39, 0.29) is 11.4 Å². The lowest BCUT2D eigenvalue weighted by Gasteiger charge is -2.26. The molecule has 0 radical (unpaired) electrons. The predicted octanol–water partition coefficient (Wildman–Crippen LogP) is 2.56. The Morgan fingerprint density at radius 1 is 1.12 bits per heavy atom. The highest BCUT2D eigenvalue weighted by atomic mass is 16.1. The number of rotatable bonds is 7. The fourth-order valence-corrected chi connectivity index (χ4v) is 4.15. The number of nitrogens with zero attached hydrogens (tertiary/aromatic N) is 5. The van der Waals surface area contributed by atoms with Crippen molar-refractivity contribution in [1.82, 2.24) is 9.88 Å². The Balaban J connectivity index is 2.09. The van der Waals surface area contributed by atoms with Crippen molar-refractivity contribution in [1.29, 1.82) is 10.5 Å². The van der Waals surface area contributed by atoms with E-state index in [1.807, 2.05) is 25.1 Å². The van der Waals surface area contributed by atoms with Gasteiger partial charge in [0.2, 0.25) is 5.91 Å². The summed E-state index contributed by atoms with van der Waals surface area (Å²) in [6.45, 7) is 8.40. The molecule has 0 aliphatic carbocycles. The Labute approximate surface area is 189 Å². The topological polar surface area (TPSA) is 122 Å². The summed E-state index contributed by atoms with van der Waals surface area (Å²) in [5.74, 6) is 0.266. The molecule has 0 unspecified atom stereocenters. The molecule has 1 atom stereocenters. The summed E-state index contributed by atoms with van der Waals surface area (Å²) in [6.07, 6.45) is 1.45. The van der Waals surface area contributed by atoms with Crippen LogP contribution >= 0.6 is 0 Å². The summed E-state index contributed by atoms with van der Waals surface area (Å²) in [5, 5.41) is 23.0. The van der Waals surface area contributed by atoms with Crippen molar-refractivity contribution in [3.8, 4) is 12.1 Å². The Morgan fingerprint density at radius 3 is 2.44 bits per heavy atom. The number of amides is 1. The second-order valence-corrected chi connectivity index (χ2v) is 7.75. The standard InChI is InChI=1S/C24H29N7O/c1-3-18-19(15-25)23(28-21(22(27)32)17-9-6-5-7-10-17)29-24(20(18)16-26)31-12-8-11-30(4-2)13-14-31/h5-7,9-10,21H,3-4,8,11-14H2,1-2H3,(H2,27,32)(H,28,29)/t21-/m1/s1. The van der Waals surface area contributed by atoms with E-state index < -0.39 is 11.9 Å². The van der Waals surface area contributed by atoms with Crippen LogP contribution in [-0.2, 0) is 11.2 Å². The van der Waals surface area contributed by atoms with Gasteiger partial charge in [0, 0.05) is 19.6 Å². The molecule has 1 aliphatic heterocycles. The highest BCUT2D eigenvalue weighted by molar-refractivity contribution is 5.85. The maximum atomic E-state index is 12.3. The number of nitriles is 2. The van der Waals surface area contributed by atoms with Crippen LogP contribution in [0.2, 0.25) is 0 Å². The summed E-state index contributed by atoms with van der Waals surface area (Å²) in [4.78, 5) is 21.5. The molecule has 0 saturated carbocycles. The zero-order chi connectivity index (χ0) is 23.1. The summed E-state index contributed by atoms with van der Waals surface area (Å²) in [6, 6.07) is 12.7. The molecule has 0 bridgehead atoms. The highest BCUT2D eigenvalue weighted by Crippen LogP contribution is 2.32. The molecule has 1 amide bonds. The van der Waals surface area contributed by atoms with Crippen molar-refractivity contribution in [2.45, 2.75) is 32.7 Å². The second-order valence-electron chi connectivity index (χ2n) is 7.75. The Bertz CT molecular complexity index is 1040. The number of hydrogen-bond acceptors (Lipinski definition) is 7. The summed E-state index contributed by atoms with van der Waals surface area (Å²) < 4.78 is 0. The van der Waals surface area contributed by atoms with Gasteiger partial charge >= 0.3 is 0 Å². The fourth-order valence-electron chi connectivity index (χ4n) is 4.15. The SMILES string of the molecule is CCc1c(C#N)c(N[C@@H](C(N)=O)c2ccccc2)nc(N2CCCN(CC)CC2)c1C#N. The summed E-state index contributed by atoms with van der Waals surface area (Å²) in [7, 11) is 0. The third-order valence-corrected chi connectivity index (χ3v) is 5.89. The van der Waals surface area contributed by atoms with Crippen molar-refractivity contribution in [2.24, 2.45) is 5.73 Å². The van der Waals surface area contributed by atoms with Gasteiger partial charge in [-0.25, -0.2) is 4.98 Å². The van der Waals surface area contributed by atoms with Gasteiger partial charge in [0.05, 0.1) is 11.1 Å². The number of carbonyl (C=O) groups excluding carboxylic acids is 1. The van der Waals surface area contributed by atoms with Crippen LogP contribution in [0.5, 0.6) is 0 Å². The fraction of sp³-hybridized carbons (Fsp3) is 0.417. The average molecular weight is 432 g/mol. The van der Waals surface area contributed by atoms with Gasteiger partial charge in [-0.15, -0.1) is 0 Å². The number of primary amides is 1. The molecule has 3 rings (SSSR count). The number of nitrogens with two attached hydrogens (primary N) is 1. The molecule has 1 aliphatic rings. The van der Waals surface area contributed by atoms with Crippen LogP contribution in [0.15, 0.2) is 30.3 Å². The minimum absolute atomic E-state index is 0.278. The molecule has 166 valence electrons. The first-order valence-electron chi connectivity index (χ1n) is 11.0. The molecular formula is C24H29N7O. The van der Waals surface area contributed by atoms with E-state index >= 15 is 0 Å². The Kier molecular flexibility index (Phi) is 7.64.